The molecule has 0 radical (unpaired) electrons. The van der Waals surface area contributed by atoms with Crippen LogP contribution in [-0.2, 0) is 6.42 Å². The van der Waals surface area contributed by atoms with Gasteiger partial charge in [-0.1, -0.05) is 0 Å². The molecule has 0 bridgehead atoms. The maximum atomic E-state index is 11.5. The molecule has 0 spiro atoms. The number of rotatable bonds is 0. The van der Waals surface area contributed by atoms with Crippen molar-refractivity contribution in [2.45, 2.75) is 6.42 Å². The molecule has 1 aliphatic heterocycles. The number of pyridine rings is 1. The monoisotopic (exact) mass is 188 g/mol. The van der Waals surface area contributed by atoms with Crippen LogP contribution in [0.5, 0.6) is 0 Å². The Hall–Kier alpha value is -1.91. The van der Waals surface area contributed by atoms with E-state index in [1.54, 1.807) is 12.4 Å². The Bertz CT molecular complexity index is 517. The highest BCUT2D eigenvalue weighted by Crippen LogP contribution is 2.16. The van der Waals surface area contributed by atoms with Gasteiger partial charge in [0.25, 0.3) is 5.91 Å². The van der Waals surface area contributed by atoms with Gasteiger partial charge in [0.15, 0.2) is 5.65 Å². The molecule has 0 aromatic carbocycles. The highest BCUT2D eigenvalue weighted by atomic mass is 16.1. The number of fused-ring (bicyclic) bond motifs is 2. The second kappa shape index (κ2) is 2.54. The number of hydrogen-bond acceptors (Lipinski definition) is 3. The number of aromatic amines is 1. The second-order valence-corrected chi connectivity index (χ2v) is 3.26. The van der Waals surface area contributed by atoms with Gasteiger partial charge in [-0.3, -0.25) is 4.79 Å². The number of H-pyrrole nitrogens is 1. The first-order valence-corrected chi connectivity index (χ1v) is 4.46. The lowest BCUT2D eigenvalue weighted by Gasteiger charge is -2.14. The first-order valence-electron chi connectivity index (χ1n) is 4.46. The Morgan fingerprint density at radius 1 is 1.43 bits per heavy atom. The summed E-state index contributed by atoms with van der Waals surface area (Å²) in [6.07, 6.45) is 2.37. The number of imidazole rings is 1. The third-order valence-electron chi connectivity index (χ3n) is 2.38. The van der Waals surface area contributed by atoms with E-state index in [-0.39, 0.29) is 5.91 Å². The summed E-state index contributed by atoms with van der Waals surface area (Å²) in [6, 6.07) is 1.78. The zero-order valence-electron chi connectivity index (χ0n) is 7.37. The van der Waals surface area contributed by atoms with Crippen LogP contribution in [0.15, 0.2) is 12.4 Å². The minimum atomic E-state index is -0.0522. The molecule has 1 aliphatic rings. The highest BCUT2D eigenvalue weighted by Gasteiger charge is 2.18. The van der Waals surface area contributed by atoms with Gasteiger partial charge in [0.05, 0.1) is 17.6 Å². The Labute approximate surface area is 79.6 Å². The average molecular weight is 188 g/mol. The van der Waals surface area contributed by atoms with Crippen LogP contribution in [0.2, 0.25) is 0 Å². The van der Waals surface area contributed by atoms with Crippen LogP contribution in [0.3, 0.4) is 0 Å². The molecule has 0 unspecified atom stereocenters. The SMILES string of the molecule is O=C1NCCc2nc3[nH]cnc3cc21. The molecule has 2 aromatic rings. The van der Waals surface area contributed by atoms with Crippen molar-refractivity contribution in [2.24, 2.45) is 0 Å². The Balaban J connectivity index is 2.32. The van der Waals surface area contributed by atoms with E-state index in [0.717, 1.165) is 23.3 Å². The number of carbonyl (C=O) groups is 1. The van der Waals surface area contributed by atoms with Crippen LogP contribution in [-0.4, -0.2) is 27.4 Å². The first-order chi connectivity index (χ1) is 6.84. The third-order valence-corrected chi connectivity index (χ3v) is 2.38. The van der Waals surface area contributed by atoms with Crippen LogP contribution in [0.4, 0.5) is 0 Å². The fraction of sp³-hybridized carbons (Fsp3) is 0.222. The Kier molecular flexibility index (Phi) is 1.36. The van der Waals surface area contributed by atoms with E-state index in [1.807, 2.05) is 0 Å². The van der Waals surface area contributed by atoms with E-state index in [0.29, 0.717) is 12.1 Å². The molecule has 2 aromatic heterocycles. The summed E-state index contributed by atoms with van der Waals surface area (Å²) < 4.78 is 0. The molecule has 5 heteroatoms. The standard InChI is InChI=1S/C9H8N4O/c14-9-5-3-7-8(12-4-11-7)13-6(5)1-2-10-9/h3-4H,1-2H2,(H,10,14)(H,11,12,13). The van der Waals surface area contributed by atoms with Crippen molar-refractivity contribution in [2.75, 3.05) is 6.54 Å². The summed E-state index contributed by atoms with van der Waals surface area (Å²) in [4.78, 5) is 22.8. The molecule has 2 N–H and O–H groups in total. The third kappa shape index (κ3) is 0.921. The first kappa shape index (κ1) is 7.49. The quantitative estimate of drug-likeness (QED) is 0.622. The predicted octanol–water partition coefficient (Wildman–Crippen LogP) is 0.244. The van der Waals surface area contributed by atoms with Crippen molar-refractivity contribution in [1.82, 2.24) is 20.3 Å². The molecule has 0 atom stereocenters. The van der Waals surface area contributed by atoms with Crippen molar-refractivity contribution in [3.8, 4) is 0 Å². The van der Waals surface area contributed by atoms with Gasteiger partial charge in [0.2, 0.25) is 0 Å². The van der Waals surface area contributed by atoms with Gasteiger partial charge < -0.3 is 10.3 Å². The summed E-state index contributed by atoms with van der Waals surface area (Å²) in [5, 5.41) is 2.78. The van der Waals surface area contributed by atoms with Gasteiger partial charge >= 0.3 is 0 Å². The molecule has 0 aliphatic carbocycles. The minimum Gasteiger partial charge on any atom is -0.352 e. The lowest BCUT2D eigenvalue weighted by Crippen LogP contribution is -2.32. The number of aromatic nitrogens is 3. The molecule has 0 saturated carbocycles. The number of hydrogen-bond donors (Lipinski definition) is 2. The van der Waals surface area contributed by atoms with Crippen molar-refractivity contribution in [3.63, 3.8) is 0 Å². The number of nitrogens with one attached hydrogen (secondary N) is 2. The van der Waals surface area contributed by atoms with Gasteiger partial charge in [-0.2, -0.15) is 0 Å². The largest absolute Gasteiger partial charge is 0.352 e. The summed E-state index contributed by atoms with van der Waals surface area (Å²) in [7, 11) is 0. The van der Waals surface area contributed by atoms with Gasteiger partial charge in [0, 0.05) is 13.0 Å². The maximum absolute atomic E-state index is 11.5. The highest BCUT2D eigenvalue weighted by molar-refractivity contribution is 5.98. The summed E-state index contributed by atoms with van der Waals surface area (Å²) >= 11 is 0. The zero-order chi connectivity index (χ0) is 9.54. The van der Waals surface area contributed by atoms with Crippen LogP contribution in [0.25, 0.3) is 11.2 Å². The summed E-state index contributed by atoms with van der Waals surface area (Å²) in [5.41, 5.74) is 2.99. The molecule has 0 saturated heterocycles. The molecule has 70 valence electrons. The number of carbonyl (C=O) groups excluding carboxylic acids is 1. The van der Waals surface area contributed by atoms with E-state index in [9.17, 15) is 4.79 Å². The van der Waals surface area contributed by atoms with Crippen molar-refractivity contribution >= 4 is 17.1 Å². The van der Waals surface area contributed by atoms with Gasteiger partial charge in [-0.15, -0.1) is 0 Å². The van der Waals surface area contributed by atoms with Crippen molar-refractivity contribution in [3.05, 3.63) is 23.7 Å². The van der Waals surface area contributed by atoms with Crippen molar-refractivity contribution in [1.29, 1.82) is 0 Å². The smallest absolute Gasteiger partial charge is 0.253 e. The van der Waals surface area contributed by atoms with Gasteiger partial charge in [0.1, 0.15) is 5.52 Å². The van der Waals surface area contributed by atoms with Gasteiger partial charge in [-0.25, -0.2) is 9.97 Å². The van der Waals surface area contributed by atoms with E-state index in [2.05, 4.69) is 20.3 Å². The molecular weight excluding hydrogens is 180 g/mol. The Morgan fingerprint density at radius 3 is 3.29 bits per heavy atom. The lowest BCUT2D eigenvalue weighted by atomic mass is 10.1. The molecule has 14 heavy (non-hydrogen) atoms. The summed E-state index contributed by atoms with van der Waals surface area (Å²) in [5.74, 6) is -0.0522. The zero-order valence-corrected chi connectivity index (χ0v) is 7.37. The fourth-order valence-electron chi connectivity index (χ4n) is 1.69. The van der Waals surface area contributed by atoms with E-state index in [1.165, 1.54) is 0 Å². The van der Waals surface area contributed by atoms with Crippen LogP contribution in [0, 0.1) is 0 Å². The van der Waals surface area contributed by atoms with E-state index >= 15 is 0 Å². The van der Waals surface area contributed by atoms with Gasteiger partial charge in [-0.05, 0) is 6.07 Å². The summed E-state index contributed by atoms with van der Waals surface area (Å²) in [6.45, 7) is 0.665. The second-order valence-electron chi connectivity index (χ2n) is 3.26. The topological polar surface area (TPSA) is 70.7 Å². The number of nitrogens with zero attached hydrogens (tertiary/aromatic N) is 2. The number of amides is 1. The molecule has 3 heterocycles. The van der Waals surface area contributed by atoms with Crippen LogP contribution >= 0.6 is 0 Å². The van der Waals surface area contributed by atoms with Crippen LogP contribution in [0.1, 0.15) is 16.1 Å². The van der Waals surface area contributed by atoms with Crippen molar-refractivity contribution < 1.29 is 4.79 Å². The van der Waals surface area contributed by atoms with E-state index < -0.39 is 0 Å². The molecular formula is C9H8N4O. The van der Waals surface area contributed by atoms with E-state index in [4.69, 9.17) is 0 Å². The Morgan fingerprint density at radius 2 is 2.36 bits per heavy atom. The lowest BCUT2D eigenvalue weighted by molar-refractivity contribution is 0.0945. The fourth-order valence-corrected chi connectivity index (χ4v) is 1.69. The average Bonchev–Trinajstić information content (AvgIpc) is 2.62. The molecule has 5 nitrogen and oxygen atoms in total. The molecule has 3 rings (SSSR count). The molecule has 0 fully saturated rings. The predicted molar refractivity (Wildman–Crippen MR) is 49.9 cm³/mol. The minimum absolute atomic E-state index is 0.0522. The van der Waals surface area contributed by atoms with Crippen LogP contribution < -0.4 is 5.32 Å². The maximum Gasteiger partial charge on any atom is 0.253 e. The molecule has 1 amide bonds. The normalized spacial score (nSPS) is 15.3.